The van der Waals surface area contributed by atoms with Gasteiger partial charge in [-0.15, -0.1) is 0 Å². The average Bonchev–Trinajstić information content (AvgIpc) is 2.44. The lowest BCUT2D eigenvalue weighted by Gasteiger charge is -2.08. The summed E-state index contributed by atoms with van der Waals surface area (Å²) < 4.78 is 43.2. The maximum Gasteiger partial charge on any atom is 0.431 e. The molecule has 0 saturated heterocycles. The highest BCUT2D eigenvalue weighted by Gasteiger charge is 2.32. The molecular formula is C14H11F3N2O2. The van der Waals surface area contributed by atoms with Crippen LogP contribution < -0.4 is 10.4 Å². The summed E-state index contributed by atoms with van der Waals surface area (Å²) in [5.74, 6) is 0.541. The Morgan fingerprint density at radius 1 is 1.29 bits per heavy atom. The Kier molecular flexibility index (Phi) is 4.11. The van der Waals surface area contributed by atoms with Crippen LogP contribution in [0.25, 0.3) is 11.3 Å². The van der Waals surface area contributed by atoms with Crippen LogP contribution >= 0.6 is 0 Å². The van der Waals surface area contributed by atoms with E-state index in [1.165, 1.54) is 12.1 Å². The molecule has 0 aliphatic carbocycles. The number of ether oxygens (including phenoxy) is 1. The number of benzene rings is 1. The molecule has 1 aromatic heterocycles. The van der Waals surface area contributed by atoms with Gasteiger partial charge in [-0.25, -0.2) is 4.79 Å². The normalized spacial score (nSPS) is 11.2. The van der Waals surface area contributed by atoms with Crippen LogP contribution in [-0.4, -0.2) is 16.6 Å². The second-order valence-electron chi connectivity index (χ2n) is 4.11. The zero-order valence-electron chi connectivity index (χ0n) is 10.8. The number of alkyl halides is 3. The fourth-order valence-corrected chi connectivity index (χ4v) is 1.64. The van der Waals surface area contributed by atoms with Crippen LogP contribution in [0.5, 0.6) is 5.75 Å². The topological polar surface area (TPSA) is 55.0 Å². The molecule has 1 heterocycles. The van der Waals surface area contributed by atoms with Crippen molar-refractivity contribution in [2.75, 3.05) is 6.61 Å². The molecule has 2 rings (SSSR count). The third-order valence-corrected chi connectivity index (χ3v) is 2.57. The third-order valence-electron chi connectivity index (χ3n) is 2.57. The van der Waals surface area contributed by atoms with Crippen molar-refractivity contribution in [3.63, 3.8) is 0 Å². The summed E-state index contributed by atoms with van der Waals surface area (Å²) in [7, 11) is 0. The monoisotopic (exact) mass is 296 g/mol. The number of aromatic amines is 1. The molecule has 0 spiro atoms. The van der Waals surface area contributed by atoms with Gasteiger partial charge in [-0.05, 0) is 30.3 Å². The molecule has 2 aromatic rings. The molecule has 7 heteroatoms. The zero-order valence-corrected chi connectivity index (χ0v) is 10.8. The van der Waals surface area contributed by atoms with Crippen molar-refractivity contribution in [2.45, 2.75) is 6.18 Å². The Bertz CT molecular complexity index is 691. The Labute approximate surface area is 117 Å². The molecule has 0 unspecified atom stereocenters. The second-order valence-corrected chi connectivity index (χ2v) is 4.11. The van der Waals surface area contributed by atoms with E-state index < -0.39 is 17.6 Å². The van der Waals surface area contributed by atoms with Crippen LogP contribution in [-0.2, 0) is 6.18 Å². The van der Waals surface area contributed by atoms with Crippen molar-refractivity contribution in [1.29, 1.82) is 0 Å². The number of halogens is 3. The summed E-state index contributed by atoms with van der Waals surface area (Å²) >= 11 is 0. The molecule has 21 heavy (non-hydrogen) atoms. The van der Waals surface area contributed by atoms with Crippen LogP contribution in [0.4, 0.5) is 13.2 Å². The number of rotatable bonds is 4. The van der Waals surface area contributed by atoms with Gasteiger partial charge in [0.1, 0.15) is 18.1 Å². The lowest BCUT2D eigenvalue weighted by molar-refractivity contribution is -0.141. The smallest absolute Gasteiger partial charge is 0.431 e. The predicted octanol–water partition coefficient (Wildman–Crippen LogP) is 3.02. The van der Waals surface area contributed by atoms with Crippen molar-refractivity contribution >= 4 is 0 Å². The maximum absolute atomic E-state index is 12.6. The summed E-state index contributed by atoms with van der Waals surface area (Å²) in [4.78, 5) is 16.4. The van der Waals surface area contributed by atoms with Crippen LogP contribution in [0.15, 0.2) is 47.8 Å². The summed E-state index contributed by atoms with van der Waals surface area (Å²) in [6.07, 6.45) is -3.06. The van der Waals surface area contributed by atoms with E-state index in [1.807, 2.05) is 0 Å². The largest absolute Gasteiger partial charge is 0.490 e. The minimum atomic E-state index is -4.64. The third kappa shape index (κ3) is 3.71. The van der Waals surface area contributed by atoms with E-state index in [0.29, 0.717) is 17.9 Å². The van der Waals surface area contributed by atoms with Crippen LogP contribution in [0.3, 0.4) is 0 Å². The van der Waals surface area contributed by atoms with Gasteiger partial charge >= 0.3 is 11.9 Å². The number of aromatic nitrogens is 2. The maximum atomic E-state index is 12.6. The molecule has 0 fully saturated rings. The van der Waals surface area contributed by atoms with Gasteiger partial charge in [0.15, 0.2) is 0 Å². The molecule has 0 amide bonds. The van der Waals surface area contributed by atoms with Gasteiger partial charge in [0.25, 0.3) is 0 Å². The summed E-state index contributed by atoms with van der Waals surface area (Å²) in [6, 6.07) is 7.01. The second kappa shape index (κ2) is 5.82. The highest BCUT2D eigenvalue weighted by Crippen LogP contribution is 2.29. The van der Waals surface area contributed by atoms with Crippen LogP contribution in [0.2, 0.25) is 0 Å². The minimum absolute atomic E-state index is 0.0543. The fraction of sp³-hybridized carbons (Fsp3) is 0.143. The van der Waals surface area contributed by atoms with Gasteiger partial charge in [-0.1, -0.05) is 12.7 Å². The lowest BCUT2D eigenvalue weighted by Crippen LogP contribution is -2.19. The van der Waals surface area contributed by atoms with E-state index >= 15 is 0 Å². The Balaban J connectivity index is 2.35. The van der Waals surface area contributed by atoms with E-state index in [4.69, 9.17) is 4.74 Å². The van der Waals surface area contributed by atoms with Crippen molar-refractivity contribution in [2.24, 2.45) is 0 Å². The standard InChI is InChI=1S/C14H11F3N2O2/c1-2-7-21-10-5-3-9(4-6-10)11-8-12(14(15,16)17)19-13(20)18-11/h2-6,8H,1,7H2,(H,18,19,20). The van der Waals surface area contributed by atoms with E-state index in [9.17, 15) is 18.0 Å². The van der Waals surface area contributed by atoms with Gasteiger partial charge in [0, 0.05) is 5.56 Å². The van der Waals surface area contributed by atoms with Gasteiger partial charge in [-0.3, -0.25) is 0 Å². The molecule has 4 nitrogen and oxygen atoms in total. The summed E-state index contributed by atoms with van der Waals surface area (Å²) in [5, 5.41) is 0. The van der Waals surface area contributed by atoms with Crippen molar-refractivity contribution in [1.82, 2.24) is 9.97 Å². The molecule has 0 aliphatic heterocycles. The summed E-state index contributed by atoms with van der Waals surface area (Å²) in [5.41, 5.74) is -1.85. The molecule has 0 radical (unpaired) electrons. The van der Waals surface area contributed by atoms with E-state index in [2.05, 4.69) is 11.6 Å². The van der Waals surface area contributed by atoms with Gasteiger partial charge < -0.3 is 9.72 Å². The highest BCUT2D eigenvalue weighted by atomic mass is 19.4. The van der Waals surface area contributed by atoms with Gasteiger partial charge in [0.05, 0.1) is 5.69 Å². The van der Waals surface area contributed by atoms with Crippen molar-refractivity contribution < 1.29 is 17.9 Å². The molecule has 1 aromatic carbocycles. The molecule has 0 bridgehead atoms. The van der Waals surface area contributed by atoms with E-state index in [-0.39, 0.29) is 5.69 Å². The number of nitrogens with one attached hydrogen (secondary N) is 1. The molecule has 0 atom stereocenters. The first-order valence-corrected chi connectivity index (χ1v) is 5.93. The number of H-pyrrole nitrogens is 1. The lowest BCUT2D eigenvalue weighted by atomic mass is 10.1. The molecular weight excluding hydrogens is 285 g/mol. The molecule has 0 aliphatic rings. The van der Waals surface area contributed by atoms with Crippen LogP contribution in [0.1, 0.15) is 5.69 Å². The number of hydrogen-bond acceptors (Lipinski definition) is 3. The zero-order chi connectivity index (χ0) is 15.5. The quantitative estimate of drug-likeness (QED) is 0.882. The Morgan fingerprint density at radius 2 is 1.95 bits per heavy atom. The summed E-state index contributed by atoms with van der Waals surface area (Å²) in [6.45, 7) is 3.82. The first kappa shape index (κ1) is 14.8. The van der Waals surface area contributed by atoms with E-state index in [0.717, 1.165) is 6.07 Å². The fourth-order valence-electron chi connectivity index (χ4n) is 1.64. The Morgan fingerprint density at radius 3 is 2.52 bits per heavy atom. The van der Waals surface area contributed by atoms with E-state index in [1.54, 1.807) is 23.2 Å². The van der Waals surface area contributed by atoms with Crippen LogP contribution in [0, 0.1) is 0 Å². The highest BCUT2D eigenvalue weighted by molar-refractivity contribution is 5.60. The predicted molar refractivity (Wildman–Crippen MR) is 71.0 cm³/mol. The SMILES string of the molecule is C=CCOc1ccc(-c2cc(C(F)(F)F)[nH]c(=O)n2)cc1. The van der Waals surface area contributed by atoms with Crippen molar-refractivity contribution in [3.8, 4) is 17.0 Å². The van der Waals surface area contributed by atoms with Gasteiger partial charge in [-0.2, -0.15) is 18.2 Å². The van der Waals surface area contributed by atoms with Crippen molar-refractivity contribution in [3.05, 3.63) is 59.2 Å². The average molecular weight is 296 g/mol. The number of hydrogen-bond donors (Lipinski definition) is 1. The molecule has 110 valence electrons. The molecule has 0 saturated carbocycles. The number of nitrogens with zero attached hydrogens (tertiary/aromatic N) is 1. The minimum Gasteiger partial charge on any atom is -0.490 e. The van der Waals surface area contributed by atoms with Gasteiger partial charge in [0.2, 0.25) is 0 Å². The first-order chi connectivity index (χ1) is 9.90. The first-order valence-electron chi connectivity index (χ1n) is 5.93. The Hall–Kier alpha value is -2.57. The molecule has 1 N–H and O–H groups in total.